The standard InChI is InChI=1S/C14H20BN3O3.C11H14BN3O2.C10H12BN3O.C9H12BN3OS.C7H12BN3O3.C5H8BN3O3/c1-11(2)8-14(15(19)20)18-9-12(16-17-18)10-21-13-6-4-3-5-7-13;1-12(16)9-15-7-10(13-14-15)8-17-11-5-3-2-4-6-11;1-11(15)8-14-7-10(12-13-14)9-5-3-2-4-6-9;1-7(10(2)14)13-5-9(11-12-13)8-3-4-15-6-8;1-3-14-7(12)6-4-11(10-9-6)5-8(2)13;1-6(12)3-9-2-4(5(10)11)7-8-9/h3-7,9,11,14,19-20H,8,10H2,1-2H3;2-7,16H,8-9H2,1H3;2-7,15H,8H2,1H3;3-7,14H,1-2H3;4,13H,3,5H2,1-2H3;2,12H,3H2,1H3,(H,10,11). The van der Waals surface area contributed by atoms with E-state index in [0.29, 0.717) is 57.2 Å². The zero-order chi connectivity index (χ0) is 68.5. The summed E-state index contributed by atoms with van der Waals surface area (Å²) in [6.07, 6.45) is 12.0. The van der Waals surface area contributed by atoms with Crippen molar-refractivity contribution in [2.24, 2.45) is 5.92 Å². The zero-order valence-electron chi connectivity index (χ0n) is 53.8. The Morgan fingerprint density at radius 2 is 0.957 bits per heavy atom. The predicted octanol–water partition coefficient (Wildman–Crippen LogP) is 4.02. The van der Waals surface area contributed by atoms with Crippen molar-refractivity contribution in [3.05, 3.63) is 168 Å². The number of esters is 1. The quantitative estimate of drug-likeness (QED) is 0.0296. The molecule has 7 aromatic heterocycles. The Labute approximate surface area is 550 Å². The van der Waals surface area contributed by atoms with Crippen LogP contribution in [0.1, 0.15) is 78.4 Å². The van der Waals surface area contributed by atoms with Gasteiger partial charge < -0.3 is 54.5 Å². The Morgan fingerprint density at radius 3 is 1.44 bits per heavy atom. The Bertz CT molecular complexity index is 3680. The molecule has 2 atom stereocenters. The van der Waals surface area contributed by atoms with Gasteiger partial charge >= 0.3 is 53.6 Å². The second-order valence-corrected chi connectivity index (χ2v) is 22.6. The SMILES string of the molecule is CB(O)C(C)n1cc(-c2ccsc2)nn1.CB(O)Cn1cc(-c2ccccc2)nn1.CB(O)Cn1cc(C(=O)O)nn1.CB(O)Cn1cc(COc2ccccc2)nn1.CC(C)CC(B(O)O)n1cc(COc2ccccc2)nn1.CCOC(=O)c1cn(CB(C)O)nn1. The Morgan fingerprint density at radius 1 is 0.511 bits per heavy atom. The fourth-order valence-corrected chi connectivity index (χ4v) is 8.51. The van der Waals surface area contributed by atoms with Gasteiger partial charge in [0.2, 0.25) is 0 Å². The number of thiophene rings is 1. The summed E-state index contributed by atoms with van der Waals surface area (Å²) in [5.74, 6) is -0.278. The third-order valence-corrected chi connectivity index (χ3v) is 13.1. The predicted molar refractivity (Wildman–Crippen MR) is 356 cm³/mol. The molecule has 2 unspecified atom stereocenters. The summed E-state index contributed by atoms with van der Waals surface area (Å²) < 4.78 is 25.0. The van der Waals surface area contributed by atoms with E-state index in [1.165, 1.54) is 26.4 Å². The summed E-state index contributed by atoms with van der Waals surface area (Å²) in [7, 11) is -1.46. The molecule has 0 saturated carbocycles. The summed E-state index contributed by atoms with van der Waals surface area (Å²) >= 11 is 1.63. The highest BCUT2D eigenvalue weighted by Gasteiger charge is 2.28. The molecule has 7 heterocycles. The van der Waals surface area contributed by atoms with Crippen LogP contribution in [-0.4, -0.2) is 190 Å². The second kappa shape index (κ2) is 40.1. The van der Waals surface area contributed by atoms with Crippen LogP contribution in [0.2, 0.25) is 34.1 Å². The molecular weight excluding hydrogens is 1230 g/mol. The normalized spacial score (nSPS) is 11.0. The number of carbonyl (C=O) groups excluding carboxylic acids is 1. The lowest BCUT2D eigenvalue weighted by molar-refractivity contribution is 0.0518. The Balaban J connectivity index is 0.000000206. The van der Waals surface area contributed by atoms with Crippen molar-refractivity contribution in [3.8, 4) is 34.0 Å². The molecule has 0 radical (unpaired) electrons. The van der Waals surface area contributed by atoms with Gasteiger partial charge in [-0.2, -0.15) is 11.3 Å². The fourth-order valence-electron chi connectivity index (χ4n) is 7.86. The number of hydrogen-bond acceptors (Lipinski definition) is 25. The van der Waals surface area contributed by atoms with Crippen molar-refractivity contribution in [2.45, 2.75) is 119 Å². The molecule has 494 valence electrons. The molecule has 31 nitrogen and oxygen atoms in total. The smallest absolute Gasteiger partial charge is 0.477 e. The molecule has 0 saturated heterocycles. The third kappa shape index (κ3) is 28.0. The van der Waals surface area contributed by atoms with Gasteiger partial charge in [-0.3, -0.25) is 28.1 Å². The first-order valence-electron chi connectivity index (χ1n) is 30.0. The topological polar surface area (TPSA) is 408 Å². The maximum Gasteiger partial charge on any atom is 0.477 e. The van der Waals surface area contributed by atoms with Gasteiger partial charge in [-0.05, 0) is 61.9 Å². The van der Waals surface area contributed by atoms with Crippen molar-refractivity contribution >= 4 is 65.0 Å². The number of hydrogen-bond donors (Lipinski definition) is 8. The summed E-state index contributed by atoms with van der Waals surface area (Å²) in [6, 6.07) is 30.8. The fraction of sp³-hybridized carbons (Fsp3) is 0.357. The summed E-state index contributed by atoms with van der Waals surface area (Å²) in [4.78, 5) is 21.5. The molecule has 0 aliphatic carbocycles. The first-order chi connectivity index (χ1) is 45.0. The highest BCUT2D eigenvalue weighted by atomic mass is 32.1. The van der Waals surface area contributed by atoms with E-state index in [4.69, 9.17) is 29.4 Å². The minimum absolute atomic E-state index is 0.0510. The van der Waals surface area contributed by atoms with Crippen molar-refractivity contribution in [3.63, 3.8) is 0 Å². The average Bonchev–Trinajstić information content (AvgIpc) is 1.80. The number of nitrogens with zero attached hydrogens (tertiary/aromatic N) is 18. The van der Waals surface area contributed by atoms with E-state index in [-0.39, 0.29) is 23.8 Å². The van der Waals surface area contributed by atoms with Crippen LogP contribution < -0.4 is 9.47 Å². The van der Waals surface area contributed by atoms with Crippen molar-refractivity contribution in [1.29, 1.82) is 0 Å². The van der Waals surface area contributed by atoms with Crippen LogP contribution in [0, 0.1) is 5.92 Å². The van der Waals surface area contributed by atoms with Crippen molar-refractivity contribution in [1.82, 2.24) is 90.0 Å². The van der Waals surface area contributed by atoms with Gasteiger partial charge in [0.1, 0.15) is 47.5 Å². The number of carboxylic acid groups (broad SMARTS) is 1. The zero-order valence-corrected chi connectivity index (χ0v) is 54.6. The van der Waals surface area contributed by atoms with Crippen LogP contribution >= 0.6 is 11.3 Å². The third-order valence-electron chi connectivity index (χ3n) is 12.4. The second-order valence-electron chi connectivity index (χ2n) is 21.8. The number of para-hydroxylation sites is 2. The van der Waals surface area contributed by atoms with Gasteiger partial charge in [0.15, 0.2) is 11.4 Å². The highest BCUT2D eigenvalue weighted by molar-refractivity contribution is 7.08. The van der Waals surface area contributed by atoms with Crippen LogP contribution in [0.15, 0.2) is 145 Å². The maximum absolute atomic E-state index is 11.1. The average molecular weight is 1310 g/mol. The monoisotopic (exact) mass is 1310 g/mol. The molecule has 0 bridgehead atoms. The molecule has 8 N–H and O–H groups in total. The number of rotatable bonds is 25. The number of aromatic nitrogens is 18. The van der Waals surface area contributed by atoms with Gasteiger partial charge in [0, 0.05) is 42.3 Å². The van der Waals surface area contributed by atoms with Gasteiger partial charge in [0.25, 0.3) is 0 Å². The minimum atomic E-state index is -1.46. The first kappa shape index (κ1) is 75.6. The van der Waals surface area contributed by atoms with Crippen LogP contribution in [0.4, 0.5) is 0 Å². The van der Waals surface area contributed by atoms with Gasteiger partial charge in [-0.25, -0.2) is 9.59 Å². The molecule has 10 rings (SSSR count). The largest absolute Gasteiger partial charge is 0.487 e. The number of aromatic carboxylic acids is 1. The van der Waals surface area contributed by atoms with E-state index in [1.54, 1.807) is 78.8 Å². The summed E-state index contributed by atoms with van der Waals surface area (Å²) in [5, 5.41) is 123. The Hall–Kier alpha value is -9.15. The summed E-state index contributed by atoms with van der Waals surface area (Å²) in [5.41, 5.74) is 5.23. The number of carboxylic acids is 1. The molecule has 0 amide bonds. The summed E-state index contributed by atoms with van der Waals surface area (Å²) in [6.45, 7) is 14.7. The van der Waals surface area contributed by atoms with E-state index in [1.807, 2.05) is 141 Å². The molecule has 0 spiro atoms. The van der Waals surface area contributed by atoms with Gasteiger partial charge in [-0.1, -0.05) is 146 Å². The van der Waals surface area contributed by atoms with Crippen molar-refractivity contribution in [2.75, 3.05) is 6.61 Å². The Kier molecular flexibility index (Phi) is 32.2. The number of benzene rings is 3. The van der Waals surface area contributed by atoms with Gasteiger partial charge in [0.05, 0.1) is 55.7 Å². The lowest BCUT2D eigenvalue weighted by Crippen LogP contribution is -2.30. The molecule has 0 fully saturated rings. The first-order valence-corrected chi connectivity index (χ1v) is 30.9. The highest BCUT2D eigenvalue weighted by Crippen LogP contribution is 2.22. The van der Waals surface area contributed by atoms with E-state index >= 15 is 0 Å². The van der Waals surface area contributed by atoms with E-state index < -0.39 is 59.6 Å². The number of ether oxygens (including phenoxy) is 3. The van der Waals surface area contributed by atoms with E-state index in [9.17, 15) is 34.7 Å². The van der Waals surface area contributed by atoms with E-state index in [0.717, 1.165) is 39.7 Å². The molecule has 0 aliphatic heterocycles. The van der Waals surface area contributed by atoms with Crippen molar-refractivity contribution < 1.29 is 64.1 Å². The molecular formula is C56H78B6N18O13S. The lowest BCUT2D eigenvalue weighted by atomic mass is 9.64. The molecule has 3 aromatic carbocycles. The lowest BCUT2D eigenvalue weighted by Gasteiger charge is -2.17. The minimum Gasteiger partial charge on any atom is -0.487 e. The van der Waals surface area contributed by atoms with Crippen LogP contribution in [-0.2, 0) is 43.7 Å². The number of carbonyl (C=O) groups is 2. The van der Waals surface area contributed by atoms with Crippen LogP contribution in [0.3, 0.4) is 0 Å². The molecule has 94 heavy (non-hydrogen) atoms. The van der Waals surface area contributed by atoms with Crippen LogP contribution in [0.5, 0.6) is 11.5 Å². The molecule has 0 aliphatic rings. The van der Waals surface area contributed by atoms with E-state index in [2.05, 4.69) is 61.9 Å². The molecule has 10 aromatic rings. The van der Waals surface area contributed by atoms with Crippen LogP contribution in [0.25, 0.3) is 22.5 Å². The van der Waals surface area contributed by atoms with Gasteiger partial charge in [-0.15, -0.1) is 30.6 Å². The molecule has 38 heteroatoms. The maximum atomic E-state index is 11.1.